The van der Waals surface area contributed by atoms with Gasteiger partial charge in [0.2, 0.25) is 10.0 Å². The van der Waals surface area contributed by atoms with Gasteiger partial charge in [0.25, 0.3) is 0 Å². The standard InChI is InChI=1S/C13H19FN2O2S/c1-9-2-4-11(14)7-13(9)19(17,18)16-8-10-3-5-12(15)6-10/h2,4,7,10,12,16H,3,5-6,8,15H2,1H3. The van der Waals surface area contributed by atoms with Crippen molar-refractivity contribution in [2.75, 3.05) is 6.54 Å². The first-order valence-corrected chi connectivity index (χ1v) is 7.88. The molecule has 0 aromatic heterocycles. The molecular weight excluding hydrogens is 267 g/mol. The van der Waals surface area contributed by atoms with Gasteiger partial charge in [-0.15, -0.1) is 0 Å². The fraction of sp³-hybridized carbons (Fsp3) is 0.538. The minimum atomic E-state index is -3.65. The lowest BCUT2D eigenvalue weighted by molar-refractivity contribution is 0.512. The summed E-state index contributed by atoms with van der Waals surface area (Å²) in [6.45, 7) is 2.02. The van der Waals surface area contributed by atoms with Crippen LogP contribution in [0, 0.1) is 18.7 Å². The molecule has 0 radical (unpaired) electrons. The summed E-state index contributed by atoms with van der Waals surface area (Å²) in [4.78, 5) is 0.00907. The first-order valence-electron chi connectivity index (χ1n) is 6.40. The summed E-state index contributed by atoms with van der Waals surface area (Å²) in [6.07, 6.45) is 2.71. The van der Waals surface area contributed by atoms with Gasteiger partial charge < -0.3 is 5.73 Å². The smallest absolute Gasteiger partial charge is 0.240 e. The van der Waals surface area contributed by atoms with Crippen molar-refractivity contribution in [3.8, 4) is 0 Å². The topological polar surface area (TPSA) is 72.2 Å². The van der Waals surface area contributed by atoms with Crippen LogP contribution in [0.5, 0.6) is 0 Å². The molecule has 2 atom stereocenters. The summed E-state index contributed by atoms with van der Waals surface area (Å²) in [7, 11) is -3.65. The SMILES string of the molecule is Cc1ccc(F)cc1S(=O)(=O)NCC1CCC(N)C1. The zero-order valence-electron chi connectivity index (χ0n) is 10.9. The van der Waals surface area contributed by atoms with Gasteiger partial charge in [-0.2, -0.15) is 0 Å². The highest BCUT2D eigenvalue weighted by Crippen LogP contribution is 2.24. The van der Waals surface area contributed by atoms with Gasteiger partial charge in [0.1, 0.15) is 5.82 Å². The van der Waals surface area contributed by atoms with Crippen LogP contribution in [0.3, 0.4) is 0 Å². The van der Waals surface area contributed by atoms with Crippen LogP contribution in [-0.4, -0.2) is 21.0 Å². The molecule has 0 amide bonds. The molecule has 0 heterocycles. The van der Waals surface area contributed by atoms with Gasteiger partial charge in [0, 0.05) is 12.6 Å². The van der Waals surface area contributed by atoms with Gasteiger partial charge in [0.15, 0.2) is 0 Å². The van der Waals surface area contributed by atoms with Crippen LogP contribution in [0.2, 0.25) is 0 Å². The third-order valence-corrected chi connectivity index (χ3v) is 5.15. The predicted octanol–water partition coefficient (Wildman–Crippen LogP) is 1.54. The zero-order chi connectivity index (χ0) is 14.0. The molecule has 4 nitrogen and oxygen atoms in total. The van der Waals surface area contributed by atoms with Crippen LogP contribution >= 0.6 is 0 Å². The van der Waals surface area contributed by atoms with E-state index in [0.29, 0.717) is 12.1 Å². The Balaban J connectivity index is 2.08. The third kappa shape index (κ3) is 3.52. The Morgan fingerprint density at radius 1 is 1.42 bits per heavy atom. The van der Waals surface area contributed by atoms with E-state index >= 15 is 0 Å². The highest BCUT2D eigenvalue weighted by atomic mass is 32.2. The van der Waals surface area contributed by atoms with Crippen LogP contribution < -0.4 is 10.5 Å². The second kappa shape index (κ2) is 5.56. The second-order valence-corrected chi connectivity index (χ2v) is 6.94. The highest BCUT2D eigenvalue weighted by molar-refractivity contribution is 7.89. The van der Waals surface area contributed by atoms with Crippen LogP contribution in [0.4, 0.5) is 4.39 Å². The van der Waals surface area contributed by atoms with Gasteiger partial charge in [-0.1, -0.05) is 6.07 Å². The maximum absolute atomic E-state index is 13.2. The van der Waals surface area contributed by atoms with Gasteiger partial charge in [0.05, 0.1) is 4.90 Å². The largest absolute Gasteiger partial charge is 0.328 e. The fourth-order valence-electron chi connectivity index (χ4n) is 2.47. The van der Waals surface area contributed by atoms with Gasteiger partial charge in [-0.3, -0.25) is 0 Å². The first-order chi connectivity index (χ1) is 8.88. The van der Waals surface area contributed by atoms with Gasteiger partial charge in [-0.25, -0.2) is 17.5 Å². The van der Waals surface area contributed by atoms with Gasteiger partial charge in [-0.05, 0) is 49.8 Å². The Hall–Kier alpha value is -0.980. The molecule has 106 valence electrons. The van der Waals surface area contributed by atoms with E-state index in [1.807, 2.05) is 0 Å². The fourth-order valence-corrected chi connectivity index (χ4v) is 3.84. The van der Waals surface area contributed by atoms with Crippen molar-refractivity contribution in [2.24, 2.45) is 11.7 Å². The van der Waals surface area contributed by atoms with E-state index in [2.05, 4.69) is 4.72 Å². The van der Waals surface area contributed by atoms with E-state index in [1.54, 1.807) is 6.92 Å². The summed E-state index contributed by atoms with van der Waals surface area (Å²) in [5.41, 5.74) is 6.33. The Morgan fingerprint density at radius 2 is 2.16 bits per heavy atom. The Kier molecular flexibility index (Phi) is 4.23. The number of halogens is 1. The molecule has 0 aliphatic heterocycles. The van der Waals surface area contributed by atoms with Crippen molar-refractivity contribution < 1.29 is 12.8 Å². The molecule has 1 aliphatic rings. The normalized spacial score (nSPS) is 23.7. The van der Waals surface area contributed by atoms with Gasteiger partial charge >= 0.3 is 0 Å². The van der Waals surface area contributed by atoms with Crippen molar-refractivity contribution in [2.45, 2.75) is 37.1 Å². The molecule has 6 heteroatoms. The summed E-state index contributed by atoms with van der Waals surface area (Å²) in [5.74, 6) is -0.271. The monoisotopic (exact) mass is 286 g/mol. The van der Waals surface area contributed by atoms with E-state index in [0.717, 1.165) is 25.3 Å². The van der Waals surface area contributed by atoms with Crippen molar-refractivity contribution in [3.05, 3.63) is 29.6 Å². The predicted molar refractivity (Wildman–Crippen MR) is 71.6 cm³/mol. The summed E-state index contributed by atoms with van der Waals surface area (Å²) >= 11 is 0. The quantitative estimate of drug-likeness (QED) is 0.882. The van der Waals surface area contributed by atoms with E-state index in [1.165, 1.54) is 12.1 Å². The highest BCUT2D eigenvalue weighted by Gasteiger charge is 2.24. The average Bonchev–Trinajstić information content (AvgIpc) is 2.76. The molecular formula is C13H19FN2O2S. The maximum atomic E-state index is 13.2. The van der Waals surface area contributed by atoms with Crippen LogP contribution in [0.1, 0.15) is 24.8 Å². The zero-order valence-corrected chi connectivity index (χ0v) is 11.7. The number of hydrogen-bond donors (Lipinski definition) is 2. The lowest BCUT2D eigenvalue weighted by atomic mass is 10.1. The number of hydrogen-bond acceptors (Lipinski definition) is 3. The molecule has 1 aromatic carbocycles. The summed E-state index contributed by atoms with van der Waals surface area (Å²) < 4.78 is 40.0. The molecule has 0 saturated heterocycles. The number of nitrogens with one attached hydrogen (secondary N) is 1. The molecule has 1 saturated carbocycles. The number of benzene rings is 1. The molecule has 0 bridgehead atoms. The number of rotatable bonds is 4. The molecule has 1 aliphatic carbocycles. The van der Waals surface area contributed by atoms with Crippen molar-refractivity contribution in [1.29, 1.82) is 0 Å². The molecule has 2 unspecified atom stereocenters. The average molecular weight is 286 g/mol. The first kappa shape index (κ1) is 14.4. The molecule has 0 spiro atoms. The lowest BCUT2D eigenvalue weighted by Gasteiger charge is -2.13. The molecule has 3 N–H and O–H groups in total. The number of sulfonamides is 1. The van der Waals surface area contributed by atoms with Crippen LogP contribution in [0.15, 0.2) is 23.1 Å². The third-order valence-electron chi connectivity index (χ3n) is 3.58. The minimum Gasteiger partial charge on any atom is -0.328 e. The Labute approximate surface area is 113 Å². The minimum absolute atomic E-state index is 0.00907. The van der Waals surface area contributed by atoms with Crippen molar-refractivity contribution in [3.63, 3.8) is 0 Å². The van der Waals surface area contributed by atoms with Crippen LogP contribution in [0.25, 0.3) is 0 Å². The van der Waals surface area contributed by atoms with Crippen molar-refractivity contribution >= 4 is 10.0 Å². The van der Waals surface area contributed by atoms with E-state index < -0.39 is 15.8 Å². The molecule has 1 aromatic rings. The maximum Gasteiger partial charge on any atom is 0.240 e. The Bertz CT molecular complexity index is 560. The Morgan fingerprint density at radius 3 is 2.79 bits per heavy atom. The summed E-state index contributed by atoms with van der Waals surface area (Å²) in [6, 6.07) is 3.95. The van der Waals surface area contributed by atoms with E-state index in [-0.39, 0.29) is 16.9 Å². The number of nitrogens with two attached hydrogens (primary N) is 1. The van der Waals surface area contributed by atoms with E-state index in [9.17, 15) is 12.8 Å². The molecule has 19 heavy (non-hydrogen) atoms. The lowest BCUT2D eigenvalue weighted by Crippen LogP contribution is -2.29. The number of aryl methyl sites for hydroxylation is 1. The second-order valence-electron chi connectivity index (χ2n) is 5.20. The van der Waals surface area contributed by atoms with Crippen LogP contribution in [-0.2, 0) is 10.0 Å². The molecule has 2 rings (SSSR count). The van der Waals surface area contributed by atoms with Crippen molar-refractivity contribution in [1.82, 2.24) is 4.72 Å². The molecule has 1 fully saturated rings. The van der Waals surface area contributed by atoms with E-state index in [4.69, 9.17) is 5.73 Å². The summed E-state index contributed by atoms with van der Waals surface area (Å²) in [5, 5.41) is 0.